The van der Waals surface area contributed by atoms with Gasteiger partial charge in [-0.2, -0.15) is 0 Å². The van der Waals surface area contributed by atoms with Gasteiger partial charge in [0.15, 0.2) is 12.4 Å². The third-order valence-electron chi connectivity index (χ3n) is 3.41. The van der Waals surface area contributed by atoms with Crippen LogP contribution < -0.4 is 10.2 Å². The first kappa shape index (κ1) is 19.6. The summed E-state index contributed by atoms with van der Waals surface area (Å²) in [6.07, 6.45) is -1.66. The average molecular weight is 378 g/mol. The Bertz CT molecular complexity index is 783. The Kier molecular flexibility index (Phi) is 6.64. The molecular weight excluding hydrogens is 360 g/mol. The monoisotopic (exact) mass is 378 g/mol. The van der Waals surface area contributed by atoms with E-state index in [9.17, 15) is 24.6 Å². The van der Waals surface area contributed by atoms with E-state index in [1.165, 1.54) is 0 Å². The van der Waals surface area contributed by atoms with Crippen molar-refractivity contribution in [2.45, 2.75) is 19.1 Å². The van der Waals surface area contributed by atoms with Gasteiger partial charge in [0.1, 0.15) is 12.6 Å². The fourth-order valence-corrected chi connectivity index (χ4v) is 2.09. The molecule has 1 atom stereocenters. The first-order valence-corrected chi connectivity index (χ1v) is 7.81. The number of aromatic hydroxyl groups is 2. The number of ether oxygens (including phenoxy) is 1. The minimum absolute atomic E-state index is 0.0533. The quantitative estimate of drug-likeness (QED) is 0.498. The molecule has 10 heteroatoms. The van der Waals surface area contributed by atoms with Crippen molar-refractivity contribution >= 4 is 17.8 Å². The number of rotatable bonds is 9. The second kappa shape index (κ2) is 9.13. The van der Waals surface area contributed by atoms with Crippen LogP contribution in [-0.4, -0.2) is 50.5 Å². The number of alkyl carbamates (subject to hydrolysis) is 1. The van der Waals surface area contributed by atoms with Crippen LogP contribution in [0.4, 0.5) is 4.79 Å². The van der Waals surface area contributed by atoms with Crippen molar-refractivity contribution in [3.05, 3.63) is 48.0 Å². The molecule has 1 aromatic carbocycles. The van der Waals surface area contributed by atoms with Crippen LogP contribution in [0.1, 0.15) is 12.0 Å². The van der Waals surface area contributed by atoms with Crippen molar-refractivity contribution in [2.24, 2.45) is 0 Å². The zero-order chi connectivity index (χ0) is 19.8. The van der Waals surface area contributed by atoms with Crippen molar-refractivity contribution in [3.8, 4) is 11.8 Å². The number of carbonyl (C=O) groups is 3. The number of benzene rings is 1. The number of ketones is 1. The zero-order valence-corrected chi connectivity index (χ0v) is 14.1. The zero-order valence-electron chi connectivity index (χ0n) is 14.1. The number of aromatic nitrogens is 1. The second-order valence-corrected chi connectivity index (χ2v) is 5.44. The van der Waals surface area contributed by atoms with Gasteiger partial charge in [0.25, 0.3) is 0 Å². The summed E-state index contributed by atoms with van der Waals surface area (Å²) in [6, 6.07) is 9.64. The number of Topliss-reactive ketones (excluding diaryl/α,β-unsaturated/α-hetero) is 1. The summed E-state index contributed by atoms with van der Waals surface area (Å²) in [4.78, 5) is 39.9. The van der Waals surface area contributed by atoms with Gasteiger partial charge >= 0.3 is 12.1 Å². The molecule has 0 radical (unpaired) electrons. The molecule has 1 amide bonds. The standard InChI is InChI=1S/C17H18N2O8/c20-13(10-27-19-14(21)6-7-15(19)22)12(8-16(23)24)18-17(25)26-9-11-4-2-1-3-5-11/h1-7,12,21-22H,8-10H2,(H,18,25)(H,23,24). The van der Waals surface area contributed by atoms with Crippen molar-refractivity contribution in [1.82, 2.24) is 10.0 Å². The maximum absolute atomic E-state index is 12.2. The topological polar surface area (TPSA) is 147 Å². The lowest BCUT2D eigenvalue weighted by molar-refractivity contribution is -0.140. The highest BCUT2D eigenvalue weighted by molar-refractivity contribution is 5.91. The van der Waals surface area contributed by atoms with Crippen LogP contribution in [-0.2, 0) is 20.9 Å². The lowest BCUT2D eigenvalue weighted by atomic mass is 10.1. The van der Waals surface area contributed by atoms with Gasteiger partial charge in [-0.3, -0.25) is 9.59 Å². The highest BCUT2D eigenvalue weighted by Gasteiger charge is 2.25. The van der Waals surface area contributed by atoms with Crippen molar-refractivity contribution in [2.75, 3.05) is 6.61 Å². The molecule has 1 heterocycles. The number of carboxylic acid groups (broad SMARTS) is 1. The molecule has 2 aromatic rings. The van der Waals surface area contributed by atoms with Gasteiger partial charge in [0.05, 0.1) is 6.42 Å². The molecule has 0 spiro atoms. The van der Waals surface area contributed by atoms with Crippen LogP contribution in [0.25, 0.3) is 0 Å². The molecule has 1 aromatic heterocycles. The first-order chi connectivity index (χ1) is 12.9. The van der Waals surface area contributed by atoms with Crippen molar-refractivity contribution < 1.29 is 39.3 Å². The van der Waals surface area contributed by atoms with Gasteiger partial charge < -0.3 is 30.2 Å². The molecule has 0 fully saturated rings. The van der Waals surface area contributed by atoms with E-state index in [1.807, 2.05) is 0 Å². The van der Waals surface area contributed by atoms with E-state index >= 15 is 0 Å². The molecule has 10 nitrogen and oxygen atoms in total. The third kappa shape index (κ3) is 5.96. The number of aliphatic carboxylic acids is 1. The predicted octanol–water partition coefficient (Wildman–Crippen LogP) is 0.667. The molecule has 0 aliphatic heterocycles. The van der Waals surface area contributed by atoms with Crippen LogP contribution in [0, 0.1) is 0 Å². The summed E-state index contributed by atoms with van der Waals surface area (Å²) in [7, 11) is 0. The summed E-state index contributed by atoms with van der Waals surface area (Å²) in [6.45, 7) is -0.755. The van der Waals surface area contributed by atoms with E-state index in [0.29, 0.717) is 4.73 Å². The Balaban J connectivity index is 1.91. The van der Waals surface area contributed by atoms with Crippen LogP contribution in [0.3, 0.4) is 0 Å². The van der Waals surface area contributed by atoms with E-state index in [0.717, 1.165) is 17.7 Å². The van der Waals surface area contributed by atoms with E-state index in [-0.39, 0.29) is 6.61 Å². The molecule has 144 valence electrons. The smallest absolute Gasteiger partial charge is 0.408 e. The van der Waals surface area contributed by atoms with Crippen LogP contribution in [0.2, 0.25) is 0 Å². The number of carboxylic acids is 1. The molecule has 1 unspecified atom stereocenters. The van der Waals surface area contributed by atoms with Gasteiger partial charge in [0, 0.05) is 12.1 Å². The molecule has 0 saturated heterocycles. The van der Waals surface area contributed by atoms with E-state index in [2.05, 4.69) is 5.32 Å². The summed E-state index contributed by atoms with van der Waals surface area (Å²) < 4.78 is 5.54. The average Bonchev–Trinajstić information content (AvgIpc) is 2.96. The van der Waals surface area contributed by atoms with Crippen LogP contribution in [0.15, 0.2) is 42.5 Å². The predicted molar refractivity (Wildman–Crippen MR) is 90.0 cm³/mol. The fourth-order valence-electron chi connectivity index (χ4n) is 2.09. The Hall–Kier alpha value is -3.69. The molecule has 0 aliphatic carbocycles. The molecule has 0 bridgehead atoms. The number of hydrogen-bond acceptors (Lipinski definition) is 7. The maximum Gasteiger partial charge on any atom is 0.408 e. The fraction of sp³-hybridized carbons (Fsp3) is 0.235. The Morgan fingerprint density at radius 2 is 1.67 bits per heavy atom. The largest absolute Gasteiger partial charge is 0.492 e. The molecule has 2 rings (SSSR count). The van der Waals surface area contributed by atoms with E-state index in [1.54, 1.807) is 30.3 Å². The molecule has 0 aliphatic rings. The third-order valence-corrected chi connectivity index (χ3v) is 3.41. The lowest BCUT2D eigenvalue weighted by Crippen LogP contribution is -2.45. The number of carbonyl (C=O) groups excluding carboxylic acids is 2. The minimum atomic E-state index is -1.41. The Morgan fingerprint density at radius 3 is 2.26 bits per heavy atom. The van der Waals surface area contributed by atoms with Crippen LogP contribution >= 0.6 is 0 Å². The Morgan fingerprint density at radius 1 is 1.04 bits per heavy atom. The maximum atomic E-state index is 12.2. The highest BCUT2D eigenvalue weighted by Crippen LogP contribution is 2.18. The summed E-state index contributed by atoms with van der Waals surface area (Å²) in [5.74, 6) is -3.01. The van der Waals surface area contributed by atoms with Crippen LogP contribution in [0.5, 0.6) is 11.8 Å². The lowest BCUT2D eigenvalue weighted by Gasteiger charge is -2.16. The molecule has 27 heavy (non-hydrogen) atoms. The van der Waals surface area contributed by atoms with Gasteiger partial charge in [-0.15, -0.1) is 4.73 Å². The Labute approximate surface area is 153 Å². The number of nitrogens with one attached hydrogen (secondary N) is 1. The number of nitrogens with zero attached hydrogens (tertiary/aromatic N) is 1. The molecule has 4 N–H and O–H groups in total. The highest BCUT2D eigenvalue weighted by atomic mass is 16.7. The van der Waals surface area contributed by atoms with Gasteiger partial charge in [-0.05, 0) is 5.56 Å². The number of hydrogen-bond donors (Lipinski definition) is 4. The van der Waals surface area contributed by atoms with Crippen molar-refractivity contribution in [3.63, 3.8) is 0 Å². The van der Waals surface area contributed by atoms with Gasteiger partial charge in [0.2, 0.25) is 11.8 Å². The van der Waals surface area contributed by atoms with Crippen molar-refractivity contribution in [1.29, 1.82) is 0 Å². The second-order valence-electron chi connectivity index (χ2n) is 5.44. The SMILES string of the molecule is O=C(O)CC(NC(=O)OCc1ccccc1)C(=O)COn1c(O)ccc1O. The summed E-state index contributed by atoms with van der Waals surface area (Å²) in [5, 5.41) is 30.0. The molecular formula is C17H18N2O8. The van der Waals surface area contributed by atoms with Gasteiger partial charge in [-0.25, -0.2) is 4.79 Å². The summed E-state index contributed by atoms with van der Waals surface area (Å²) in [5.41, 5.74) is 0.718. The van der Waals surface area contributed by atoms with Gasteiger partial charge in [-0.1, -0.05) is 30.3 Å². The van der Waals surface area contributed by atoms with E-state index < -0.39 is 48.7 Å². The summed E-state index contributed by atoms with van der Waals surface area (Å²) >= 11 is 0. The molecule has 0 saturated carbocycles. The minimum Gasteiger partial charge on any atom is -0.492 e. The number of amides is 1. The van der Waals surface area contributed by atoms with E-state index in [4.69, 9.17) is 14.7 Å². The normalized spacial score (nSPS) is 11.4. The first-order valence-electron chi connectivity index (χ1n) is 7.81.